The van der Waals surface area contributed by atoms with E-state index in [0.717, 1.165) is 23.1 Å². The standard InChI is InChI=1S/C31H30F2N4O4/c1-19(25-5-3-2-4-21(25)7-6-20-12-13-41-18-20)35-31(40)28-15-24(33)17-37(28)29(38)16-34-30(39)27-10-8-22-14-23(32)9-11-26(22)36-27/h2-11,14,18-19,24,28H,12-13,15-17H2,1H3,(H,34,39)(H,35,40)/b7-6+/t19-,24+,28-/m0/s1. The molecule has 2 aliphatic rings. The molecule has 41 heavy (non-hydrogen) atoms. The first-order chi connectivity index (χ1) is 19.8. The third-order valence-electron chi connectivity index (χ3n) is 7.20. The molecule has 0 aliphatic carbocycles. The maximum Gasteiger partial charge on any atom is 0.270 e. The monoisotopic (exact) mass is 560 g/mol. The van der Waals surface area contributed by atoms with Gasteiger partial charge >= 0.3 is 0 Å². The van der Waals surface area contributed by atoms with Crippen LogP contribution in [0.2, 0.25) is 0 Å². The van der Waals surface area contributed by atoms with Crippen molar-refractivity contribution < 1.29 is 27.9 Å². The number of hydrogen-bond acceptors (Lipinski definition) is 5. The maximum atomic E-state index is 14.4. The summed E-state index contributed by atoms with van der Waals surface area (Å²) in [6, 6.07) is 13.2. The van der Waals surface area contributed by atoms with E-state index in [0.29, 0.717) is 17.5 Å². The van der Waals surface area contributed by atoms with E-state index in [-0.39, 0.29) is 18.7 Å². The van der Waals surface area contributed by atoms with Crippen LogP contribution in [0.25, 0.3) is 17.0 Å². The number of amides is 3. The molecule has 10 heteroatoms. The van der Waals surface area contributed by atoms with Crippen LogP contribution >= 0.6 is 0 Å². The van der Waals surface area contributed by atoms with Gasteiger partial charge in [-0.1, -0.05) is 42.5 Å². The molecule has 0 unspecified atom stereocenters. The first kappa shape index (κ1) is 27.9. The molecule has 3 atom stereocenters. The van der Waals surface area contributed by atoms with Gasteiger partial charge in [-0.05, 0) is 47.9 Å². The molecule has 2 aromatic carbocycles. The number of rotatable bonds is 8. The number of nitrogens with zero attached hydrogens (tertiary/aromatic N) is 2. The largest absolute Gasteiger partial charge is 0.501 e. The Morgan fingerprint density at radius 2 is 1.98 bits per heavy atom. The molecule has 1 saturated heterocycles. The molecule has 212 valence electrons. The van der Waals surface area contributed by atoms with Crippen molar-refractivity contribution in [3.63, 3.8) is 0 Å². The Morgan fingerprint density at radius 3 is 2.78 bits per heavy atom. The summed E-state index contributed by atoms with van der Waals surface area (Å²) in [4.78, 5) is 44.2. The SMILES string of the molecule is C[C@H](NC(=O)[C@@H]1C[C@@H](F)CN1C(=O)CNC(=O)c1ccc2cc(F)ccc2n1)c1ccccc1/C=C/C1=COCC1. The molecule has 0 spiro atoms. The highest BCUT2D eigenvalue weighted by Gasteiger charge is 2.40. The van der Waals surface area contributed by atoms with Crippen molar-refractivity contribution in [2.75, 3.05) is 19.7 Å². The minimum Gasteiger partial charge on any atom is -0.501 e. The number of carbonyl (C=O) groups excluding carboxylic acids is 3. The lowest BCUT2D eigenvalue weighted by molar-refractivity contribution is -0.138. The van der Waals surface area contributed by atoms with Crippen molar-refractivity contribution in [3.8, 4) is 0 Å². The Labute approximate surface area is 236 Å². The topological polar surface area (TPSA) is 101 Å². The second-order valence-electron chi connectivity index (χ2n) is 10.1. The number of pyridine rings is 1. The van der Waals surface area contributed by atoms with E-state index in [2.05, 4.69) is 15.6 Å². The van der Waals surface area contributed by atoms with Crippen LogP contribution in [0.1, 0.15) is 47.4 Å². The quantitative estimate of drug-likeness (QED) is 0.430. The van der Waals surface area contributed by atoms with E-state index in [1.807, 2.05) is 43.3 Å². The number of alkyl halides is 1. The number of likely N-dealkylation sites (tertiary alicyclic amines) is 1. The maximum absolute atomic E-state index is 14.4. The summed E-state index contributed by atoms with van der Waals surface area (Å²) in [6.07, 6.45) is 5.02. The van der Waals surface area contributed by atoms with Gasteiger partial charge in [0.15, 0.2) is 0 Å². The molecule has 0 bridgehead atoms. The van der Waals surface area contributed by atoms with Crippen molar-refractivity contribution in [1.29, 1.82) is 0 Å². The number of ether oxygens (including phenoxy) is 1. The number of aromatic nitrogens is 1. The lowest BCUT2D eigenvalue weighted by atomic mass is 9.99. The van der Waals surface area contributed by atoms with Gasteiger partial charge in [0.05, 0.1) is 37.5 Å². The van der Waals surface area contributed by atoms with Crippen molar-refractivity contribution in [2.24, 2.45) is 0 Å². The van der Waals surface area contributed by atoms with Crippen LogP contribution in [0.15, 0.2) is 72.5 Å². The van der Waals surface area contributed by atoms with Crippen molar-refractivity contribution in [3.05, 3.63) is 95.1 Å². The predicted octanol–water partition coefficient (Wildman–Crippen LogP) is 4.24. The summed E-state index contributed by atoms with van der Waals surface area (Å²) in [5, 5.41) is 5.96. The molecule has 2 aliphatic heterocycles. The van der Waals surface area contributed by atoms with E-state index in [1.54, 1.807) is 12.3 Å². The average Bonchev–Trinajstić information content (AvgIpc) is 3.64. The number of halogens is 2. The van der Waals surface area contributed by atoms with Gasteiger partial charge in [0.25, 0.3) is 5.91 Å². The molecule has 3 amide bonds. The number of benzene rings is 2. The zero-order chi connectivity index (χ0) is 28.9. The van der Waals surface area contributed by atoms with Gasteiger partial charge in [-0.2, -0.15) is 0 Å². The second-order valence-corrected chi connectivity index (χ2v) is 10.1. The second kappa shape index (κ2) is 12.3. The van der Waals surface area contributed by atoms with Crippen LogP contribution in [-0.2, 0) is 14.3 Å². The highest BCUT2D eigenvalue weighted by Crippen LogP contribution is 2.25. The molecular weight excluding hydrogens is 530 g/mol. The van der Waals surface area contributed by atoms with E-state index < -0.39 is 48.3 Å². The average molecular weight is 561 g/mol. The smallest absolute Gasteiger partial charge is 0.270 e. The van der Waals surface area contributed by atoms with E-state index in [9.17, 15) is 23.2 Å². The highest BCUT2D eigenvalue weighted by molar-refractivity contribution is 5.97. The van der Waals surface area contributed by atoms with E-state index in [1.165, 1.54) is 29.2 Å². The van der Waals surface area contributed by atoms with Crippen LogP contribution < -0.4 is 10.6 Å². The fraction of sp³-hybridized carbons (Fsp3) is 0.290. The molecule has 1 fully saturated rings. The molecular formula is C31H30F2N4O4. The molecule has 2 N–H and O–H groups in total. The first-order valence-corrected chi connectivity index (χ1v) is 13.4. The molecule has 0 saturated carbocycles. The molecule has 8 nitrogen and oxygen atoms in total. The predicted molar refractivity (Wildman–Crippen MR) is 150 cm³/mol. The van der Waals surface area contributed by atoms with Crippen LogP contribution in [0, 0.1) is 5.82 Å². The van der Waals surface area contributed by atoms with Crippen LogP contribution in [0.3, 0.4) is 0 Å². The third-order valence-corrected chi connectivity index (χ3v) is 7.20. The Kier molecular flexibility index (Phi) is 8.37. The molecule has 3 aromatic rings. The number of allylic oxidation sites excluding steroid dienone is 1. The number of hydrogen-bond donors (Lipinski definition) is 2. The van der Waals surface area contributed by atoms with E-state index >= 15 is 0 Å². The van der Waals surface area contributed by atoms with Gasteiger partial charge in [0, 0.05) is 18.2 Å². The zero-order valence-electron chi connectivity index (χ0n) is 22.5. The van der Waals surface area contributed by atoms with Gasteiger partial charge in [0.2, 0.25) is 11.8 Å². The number of nitrogens with one attached hydrogen (secondary N) is 2. The molecule has 0 radical (unpaired) electrons. The number of fused-ring (bicyclic) bond motifs is 1. The summed E-state index contributed by atoms with van der Waals surface area (Å²) in [5.41, 5.74) is 3.35. The fourth-order valence-corrected chi connectivity index (χ4v) is 5.05. The summed E-state index contributed by atoms with van der Waals surface area (Å²) in [6.45, 7) is 1.83. The highest BCUT2D eigenvalue weighted by atomic mass is 19.1. The molecule has 1 aromatic heterocycles. The summed E-state index contributed by atoms with van der Waals surface area (Å²) < 4.78 is 33.1. The van der Waals surface area contributed by atoms with Crippen LogP contribution in [-0.4, -0.2) is 59.5 Å². The van der Waals surface area contributed by atoms with Crippen molar-refractivity contribution in [2.45, 2.75) is 38.0 Å². The molecule has 5 rings (SSSR count). The van der Waals surface area contributed by atoms with Gasteiger partial charge in [-0.15, -0.1) is 0 Å². The van der Waals surface area contributed by atoms with Gasteiger partial charge in [-0.25, -0.2) is 13.8 Å². The summed E-state index contributed by atoms with van der Waals surface area (Å²) in [5.74, 6) is -2.07. The number of carbonyl (C=O) groups is 3. The Bertz CT molecular complexity index is 1540. The summed E-state index contributed by atoms with van der Waals surface area (Å²) >= 11 is 0. The Hall–Kier alpha value is -4.60. The summed E-state index contributed by atoms with van der Waals surface area (Å²) in [7, 11) is 0. The van der Waals surface area contributed by atoms with Crippen LogP contribution in [0.5, 0.6) is 0 Å². The zero-order valence-corrected chi connectivity index (χ0v) is 22.5. The van der Waals surface area contributed by atoms with Crippen molar-refractivity contribution >= 4 is 34.7 Å². The molecule has 3 heterocycles. The lowest BCUT2D eigenvalue weighted by Crippen LogP contribution is -2.49. The normalized spacial score (nSPS) is 19.2. The van der Waals surface area contributed by atoms with E-state index in [4.69, 9.17) is 4.74 Å². The van der Waals surface area contributed by atoms with Gasteiger partial charge < -0.3 is 20.3 Å². The fourth-order valence-electron chi connectivity index (χ4n) is 5.05. The van der Waals surface area contributed by atoms with Gasteiger partial charge in [0.1, 0.15) is 23.7 Å². The van der Waals surface area contributed by atoms with Crippen LogP contribution in [0.4, 0.5) is 8.78 Å². The van der Waals surface area contributed by atoms with Gasteiger partial charge in [-0.3, -0.25) is 14.4 Å². The first-order valence-electron chi connectivity index (χ1n) is 13.4. The Balaban J connectivity index is 1.21. The minimum absolute atomic E-state index is 0.0503. The van der Waals surface area contributed by atoms with Crippen molar-refractivity contribution in [1.82, 2.24) is 20.5 Å². The third kappa shape index (κ3) is 6.59. The Morgan fingerprint density at radius 1 is 1.15 bits per heavy atom. The minimum atomic E-state index is -1.36. The lowest BCUT2D eigenvalue weighted by Gasteiger charge is -2.26.